The number of ether oxygens (including phenoxy) is 1. The van der Waals surface area contributed by atoms with Crippen LogP contribution in [0.1, 0.15) is 31.0 Å². The average molecular weight is 387 g/mol. The molecule has 2 rings (SSSR count). The summed E-state index contributed by atoms with van der Waals surface area (Å²) in [6.07, 6.45) is 6.30. The Morgan fingerprint density at radius 3 is 2.85 bits per heavy atom. The summed E-state index contributed by atoms with van der Waals surface area (Å²) in [5.41, 5.74) is 2.04. The monoisotopic (exact) mass is 386 g/mol. The Morgan fingerprint density at radius 1 is 1.15 bits per heavy atom. The molecule has 0 saturated heterocycles. The smallest absolute Gasteiger partial charge is 0.191 e. The Balaban J connectivity index is 1.85. The molecule has 0 saturated carbocycles. The van der Waals surface area contributed by atoms with E-state index in [0.717, 1.165) is 42.5 Å². The first-order valence-electron chi connectivity index (χ1n) is 9.44. The Morgan fingerprint density at radius 2 is 2.07 bits per heavy atom. The Hall–Kier alpha value is -2.21. The summed E-state index contributed by atoms with van der Waals surface area (Å²) in [5.74, 6) is 2.91. The molecule has 0 radical (unpaired) electrons. The van der Waals surface area contributed by atoms with E-state index in [9.17, 15) is 0 Å². The van der Waals surface area contributed by atoms with Gasteiger partial charge in [-0.25, -0.2) is 4.99 Å². The van der Waals surface area contributed by atoms with E-state index in [0.29, 0.717) is 13.2 Å². The lowest BCUT2D eigenvalue weighted by Crippen LogP contribution is -2.37. The van der Waals surface area contributed by atoms with Crippen LogP contribution < -0.4 is 15.4 Å². The number of aliphatic imine (C=N–C) groups is 1. The number of rotatable bonds is 11. The molecule has 6 heteroatoms. The van der Waals surface area contributed by atoms with Gasteiger partial charge in [0.1, 0.15) is 12.4 Å². The third-order valence-corrected chi connectivity index (χ3v) is 4.54. The second kappa shape index (κ2) is 13.0. The highest BCUT2D eigenvalue weighted by atomic mass is 32.2. The van der Waals surface area contributed by atoms with Crippen molar-refractivity contribution < 1.29 is 4.74 Å². The number of hydrogen-bond acceptors (Lipinski definition) is 4. The second-order valence-corrected chi connectivity index (χ2v) is 7.06. The van der Waals surface area contributed by atoms with Gasteiger partial charge in [0.15, 0.2) is 5.96 Å². The molecule has 1 heterocycles. The molecular formula is C21H30N4OS. The van der Waals surface area contributed by atoms with Gasteiger partial charge in [0, 0.05) is 19.3 Å². The van der Waals surface area contributed by atoms with E-state index in [1.165, 1.54) is 12.2 Å². The molecule has 0 aliphatic rings. The van der Waals surface area contributed by atoms with Gasteiger partial charge in [-0.2, -0.15) is 11.8 Å². The lowest BCUT2D eigenvalue weighted by atomic mass is 10.2. The highest BCUT2D eigenvalue weighted by Crippen LogP contribution is 2.15. The summed E-state index contributed by atoms with van der Waals surface area (Å²) in [6.45, 7) is 4.95. The Bertz CT molecular complexity index is 679. The normalized spacial score (nSPS) is 11.3. The van der Waals surface area contributed by atoms with Crippen molar-refractivity contribution in [2.75, 3.05) is 25.1 Å². The lowest BCUT2D eigenvalue weighted by Gasteiger charge is -2.11. The van der Waals surface area contributed by atoms with Gasteiger partial charge >= 0.3 is 0 Å². The zero-order valence-electron chi connectivity index (χ0n) is 16.3. The molecule has 146 valence electrons. The zero-order chi connectivity index (χ0) is 19.2. The summed E-state index contributed by atoms with van der Waals surface area (Å²) in [7, 11) is 0. The predicted molar refractivity (Wildman–Crippen MR) is 115 cm³/mol. The van der Waals surface area contributed by atoms with E-state index in [1.807, 2.05) is 48.2 Å². The fourth-order valence-corrected chi connectivity index (χ4v) is 2.96. The van der Waals surface area contributed by atoms with Gasteiger partial charge in [-0.15, -0.1) is 0 Å². The first-order valence-corrected chi connectivity index (χ1v) is 10.8. The van der Waals surface area contributed by atoms with Crippen molar-refractivity contribution in [1.82, 2.24) is 15.6 Å². The van der Waals surface area contributed by atoms with E-state index in [4.69, 9.17) is 4.74 Å². The number of thioether (sulfide) groups is 1. The van der Waals surface area contributed by atoms with Crippen molar-refractivity contribution >= 4 is 17.7 Å². The predicted octanol–water partition coefficient (Wildman–Crippen LogP) is 3.86. The number of pyridine rings is 1. The fraction of sp³-hybridized carbons (Fsp3) is 0.429. The van der Waals surface area contributed by atoms with Gasteiger partial charge in [-0.3, -0.25) is 4.98 Å². The maximum absolute atomic E-state index is 5.85. The molecule has 1 aromatic heterocycles. The fourth-order valence-electron chi connectivity index (χ4n) is 2.46. The molecule has 0 bridgehead atoms. The van der Waals surface area contributed by atoms with Gasteiger partial charge in [0.25, 0.3) is 0 Å². The molecule has 0 atom stereocenters. The maximum atomic E-state index is 5.85. The van der Waals surface area contributed by atoms with Crippen LogP contribution in [-0.2, 0) is 13.2 Å². The van der Waals surface area contributed by atoms with Crippen LogP contribution in [0.2, 0.25) is 0 Å². The molecule has 0 spiro atoms. The van der Waals surface area contributed by atoms with Crippen molar-refractivity contribution in [3.8, 4) is 5.75 Å². The lowest BCUT2D eigenvalue weighted by molar-refractivity contribution is 0.301. The average Bonchev–Trinajstić information content (AvgIpc) is 2.71. The van der Waals surface area contributed by atoms with Crippen LogP contribution in [0.3, 0.4) is 0 Å². The Kier molecular flexibility index (Phi) is 10.2. The van der Waals surface area contributed by atoms with Gasteiger partial charge in [0.2, 0.25) is 0 Å². The van der Waals surface area contributed by atoms with Crippen molar-refractivity contribution in [3.05, 3.63) is 59.9 Å². The molecule has 2 aromatic rings. The first kappa shape index (κ1) is 21.1. The van der Waals surface area contributed by atoms with Crippen LogP contribution in [0.15, 0.2) is 53.7 Å². The van der Waals surface area contributed by atoms with Crippen molar-refractivity contribution in [1.29, 1.82) is 0 Å². The van der Waals surface area contributed by atoms with E-state index < -0.39 is 0 Å². The standard InChI is InChI=1S/C21H30N4OS/c1-3-22-21(24-13-6-7-14-27-2)25-16-18-9-8-11-20(15-18)26-17-19-10-4-5-12-23-19/h4-5,8-12,15H,3,6-7,13-14,16-17H2,1-2H3,(H2,22,24,25). The quantitative estimate of drug-likeness (QED) is 0.349. The van der Waals surface area contributed by atoms with Crippen LogP contribution in [0.5, 0.6) is 5.75 Å². The van der Waals surface area contributed by atoms with Gasteiger partial charge in [0.05, 0.1) is 12.2 Å². The van der Waals surface area contributed by atoms with Crippen molar-refractivity contribution in [3.63, 3.8) is 0 Å². The van der Waals surface area contributed by atoms with Crippen LogP contribution in [0.25, 0.3) is 0 Å². The summed E-state index contributed by atoms with van der Waals surface area (Å²) in [6, 6.07) is 13.9. The summed E-state index contributed by atoms with van der Waals surface area (Å²) < 4.78 is 5.85. The number of nitrogens with zero attached hydrogens (tertiary/aromatic N) is 2. The summed E-state index contributed by atoms with van der Waals surface area (Å²) >= 11 is 1.89. The molecule has 2 N–H and O–H groups in total. The number of nitrogens with one attached hydrogen (secondary N) is 2. The third kappa shape index (κ3) is 8.82. The van der Waals surface area contributed by atoms with E-state index in [-0.39, 0.29) is 0 Å². The minimum absolute atomic E-state index is 0.466. The second-order valence-electron chi connectivity index (χ2n) is 6.08. The number of guanidine groups is 1. The van der Waals surface area contributed by atoms with Crippen molar-refractivity contribution in [2.24, 2.45) is 4.99 Å². The van der Waals surface area contributed by atoms with Crippen LogP contribution in [-0.4, -0.2) is 36.0 Å². The molecule has 0 aliphatic heterocycles. The van der Waals surface area contributed by atoms with E-state index in [2.05, 4.69) is 39.9 Å². The van der Waals surface area contributed by atoms with Crippen molar-refractivity contribution in [2.45, 2.75) is 32.9 Å². The molecule has 27 heavy (non-hydrogen) atoms. The maximum Gasteiger partial charge on any atom is 0.191 e. The van der Waals surface area contributed by atoms with E-state index >= 15 is 0 Å². The SMILES string of the molecule is CCNC(=NCc1cccc(OCc2ccccn2)c1)NCCCCSC. The molecule has 5 nitrogen and oxygen atoms in total. The molecular weight excluding hydrogens is 356 g/mol. The largest absolute Gasteiger partial charge is 0.487 e. The third-order valence-electron chi connectivity index (χ3n) is 3.84. The van der Waals surface area contributed by atoms with Crippen LogP contribution >= 0.6 is 11.8 Å². The summed E-state index contributed by atoms with van der Waals surface area (Å²) in [5, 5.41) is 6.70. The van der Waals surface area contributed by atoms with Gasteiger partial charge < -0.3 is 15.4 Å². The number of hydrogen-bond donors (Lipinski definition) is 2. The summed E-state index contributed by atoms with van der Waals surface area (Å²) in [4.78, 5) is 8.96. The zero-order valence-corrected chi connectivity index (χ0v) is 17.1. The molecule has 0 aliphatic carbocycles. The molecule has 1 aromatic carbocycles. The van der Waals surface area contributed by atoms with Crippen LogP contribution in [0.4, 0.5) is 0 Å². The molecule has 0 fully saturated rings. The van der Waals surface area contributed by atoms with Gasteiger partial charge in [-0.1, -0.05) is 18.2 Å². The van der Waals surface area contributed by atoms with E-state index in [1.54, 1.807) is 6.20 Å². The number of aromatic nitrogens is 1. The van der Waals surface area contributed by atoms with Gasteiger partial charge in [-0.05, 0) is 61.6 Å². The number of benzene rings is 1. The molecule has 0 amide bonds. The first-order chi connectivity index (χ1) is 13.3. The van der Waals surface area contributed by atoms with Crippen LogP contribution in [0, 0.1) is 0 Å². The highest BCUT2D eigenvalue weighted by Gasteiger charge is 2.01. The minimum Gasteiger partial charge on any atom is -0.487 e. The topological polar surface area (TPSA) is 58.5 Å². The number of unbranched alkanes of at least 4 members (excludes halogenated alkanes) is 1. The highest BCUT2D eigenvalue weighted by molar-refractivity contribution is 7.98. The minimum atomic E-state index is 0.466. The Labute approximate surface area is 167 Å². The molecule has 0 unspecified atom stereocenters.